The summed E-state index contributed by atoms with van der Waals surface area (Å²) in [5, 5.41) is 8.38. The van der Waals surface area contributed by atoms with Crippen LogP contribution in [0.4, 0.5) is 5.69 Å². The molecule has 8 nitrogen and oxygen atoms in total. The minimum absolute atomic E-state index is 0.0979. The van der Waals surface area contributed by atoms with Crippen molar-refractivity contribution < 1.29 is 9.53 Å². The maximum atomic E-state index is 13.9. The van der Waals surface area contributed by atoms with E-state index in [-0.39, 0.29) is 17.4 Å². The number of benzene rings is 1. The summed E-state index contributed by atoms with van der Waals surface area (Å²) in [6.45, 7) is 6.38. The van der Waals surface area contributed by atoms with E-state index < -0.39 is 0 Å². The van der Waals surface area contributed by atoms with Gasteiger partial charge in [0, 0.05) is 53.4 Å². The molecule has 2 aromatic heterocycles. The highest BCUT2D eigenvalue weighted by atomic mass is 16.5. The average molecular weight is 513 g/mol. The Morgan fingerprint density at radius 2 is 1.95 bits per heavy atom. The third-order valence-electron chi connectivity index (χ3n) is 9.13. The highest BCUT2D eigenvalue weighted by Crippen LogP contribution is 2.45. The first-order valence-corrected chi connectivity index (χ1v) is 14.1. The Kier molecular flexibility index (Phi) is 5.85. The van der Waals surface area contributed by atoms with Crippen LogP contribution in [0.1, 0.15) is 89.7 Å². The van der Waals surface area contributed by atoms with Gasteiger partial charge >= 0.3 is 0 Å². The molecule has 0 radical (unpaired) electrons. The second kappa shape index (κ2) is 9.27. The fraction of sp³-hybridized carbons (Fsp3) is 0.533. The van der Waals surface area contributed by atoms with Gasteiger partial charge < -0.3 is 14.2 Å². The SMILES string of the molecule is CC(c1cc2c(c(C3CC3)n1)CN(c1cccc(C3(Cc4nncn4C)COC3)c1)C2=O)N1CCCCC1. The number of aromatic nitrogens is 4. The van der Waals surface area contributed by atoms with Gasteiger partial charge in [-0.3, -0.25) is 14.7 Å². The van der Waals surface area contributed by atoms with Crippen molar-refractivity contribution in [3.63, 3.8) is 0 Å². The van der Waals surface area contributed by atoms with Gasteiger partial charge in [0.2, 0.25) is 0 Å². The van der Waals surface area contributed by atoms with Crippen LogP contribution in [0.2, 0.25) is 0 Å². The molecular formula is C30H36N6O2. The number of aryl methyl sites for hydroxylation is 1. The molecule has 2 saturated heterocycles. The molecule has 1 aliphatic carbocycles. The largest absolute Gasteiger partial charge is 0.379 e. The molecule has 0 spiro atoms. The Labute approximate surface area is 224 Å². The summed E-state index contributed by atoms with van der Waals surface area (Å²) in [6.07, 6.45) is 8.66. The fourth-order valence-corrected chi connectivity index (χ4v) is 6.45. The topological polar surface area (TPSA) is 76.4 Å². The molecule has 8 heteroatoms. The van der Waals surface area contributed by atoms with E-state index >= 15 is 0 Å². The van der Waals surface area contributed by atoms with Crippen LogP contribution in [-0.2, 0) is 30.2 Å². The Balaban J connectivity index is 1.20. The van der Waals surface area contributed by atoms with E-state index in [2.05, 4.69) is 52.4 Å². The van der Waals surface area contributed by atoms with Gasteiger partial charge in [-0.25, -0.2) is 0 Å². The Bertz CT molecular complexity index is 1370. The number of pyridine rings is 1. The smallest absolute Gasteiger partial charge is 0.259 e. The molecule has 3 aromatic rings. The molecular weight excluding hydrogens is 476 g/mol. The zero-order valence-corrected chi connectivity index (χ0v) is 22.4. The van der Waals surface area contributed by atoms with Crippen molar-refractivity contribution in [2.75, 3.05) is 31.2 Å². The maximum Gasteiger partial charge on any atom is 0.259 e. The highest BCUT2D eigenvalue weighted by Gasteiger charge is 2.43. The maximum absolute atomic E-state index is 13.9. The van der Waals surface area contributed by atoms with Crippen LogP contribution >= 0.6 is 0 Å². The predicted molar refractivity (Wildman–Crippen MR) is 144 cm³/mol. The minimum Gasteiger partial charge on any atom is -0.379 e. The van der Waals surface area contributed by atoms with Gasteiger partial charge in [-0.05, 0) is 69.5 Å². The van der Waals surface area contributed by atoms with Crippen LogP contribution in [0, 0.1) is 0 Å². The molecule has 3 aliphatic heterocycles. The summed E-state index contributed by atoms with van der Waals surface area (Å²) >= 11 is 0. The first-order chi connectivity index (χ1) is 18.5. The molecule has 4 aliphatic rings. The Morgan fingerprint density at radius 1 is 1.13 bits per heavy atom. The summed E-state index contributed by atoms with van der Waals surface area (Å²) in [4.78, 5) is 23.6. The molecule has 3 fully saturated rings. The van der Waals surface area contributed by atoms with Gasteiger partial charge in [-0.15, -0.1) is 10.2 Å². The summed E-state index contributed by atoms with van der Waals surface area (Å²) < 4.78 is 7.67. The van der Waals surface area contributed by atoms with Gasteiger partial charge in [-0.2, -0.15) is 0 Å². The molecule has 1 saturated carbocycles. The molecule has 38 heavy (non-hydrogen) atoms. The number of piperidine rings is 1. The lowest BCUT2D eigenvalue weighted by molar-refractivity contribution is -0.0611. The van der Waals surface area contributed by atoms with Crippen molar-refractivity contribution in [1.82, 2.24) is 24.6 Å². The number of anilines is 1. The lowest BCUT2D eigenvalue weighted by atomic mass is 9.75. The number of amides is 1. The van der Waals surface area contributed by atoms with E-state index in [1.807, 2.05) is 16.5 Å². The van der Waals surface area contributed by atoms with E-state index in [1.54, 1.807) is 6.33 Å². The summed E-state index contributed by atoms with van der Waals surface area (Å²) in [5.41, 5.74) is 6.20. The number of rotatable bonds is 7. The number of ether oxygens (including phenoxy) is 1. The van der Waals surface area contributed by atoms with Crippen molar-refractivity contribution in [3.8, 4) is 0 Å². The highest BCUT2D eigenvalue weighted by molar-refractivity contribution is 6.10. The minimum atomic E-state index is -0.149. The van der Waals surface area contributed by atoms with Gasteiger partial charge in [0.15, 0.2) is 0 Å². The standard InChI is InChI=1S/C30H36N6O2/c1-20(35-11-4-3-5-12-35)26-14-24-25(28(32-26)21-9-10-21)16-36(29(24)37)23-8-6-7-22(13-23)30(17-38-18-30)15-27-33-31-19-34(27)2/h6-8,13-14,19-21H,3-5,9-12,15-18H2,1-2H3. The Morgan fingerprint density at radius 3 is 2.63 bits per heavy atom. The van der Waals surface area contributed by atoms with Crippen LogP contribution in [-0.4, -0.2) is 56.9 Å². The lowest BCUT2D eigenvalue weighted by Gasteiger charge is -2.42. The second-order valence-electron chi connectivity index (χ2n) is 11.8. The number of carbonyl (C=O) groups excluding carboxylic acids is 1. The van der Waals surface area contributed by atoms with Crippen LogP contribution in [0.25, 0.3) is 0 Å². The average Bonchev–Trinajstić information content (AvgIpc) is 3.62. The van der Waals surface area contributed by atoms with Gasteiger partial charge in [0.25, 0.3) is 5.91 Å². The molecule has 1 atom stereocenters. The molecule has 0 bridgehead atoms. The third kappa shape index (κ3) is 4.05. The first kappa shape index (κ1) is 24.0. The molecule has 0 N–H and O–H groups in total. The molecule has 198 valence electrons. The Hall–Kier alpha value is -3.10. The summed E-state index contributed by atoms with van der Waals surface area (Å²) in [5.74, 6) is 1.54. The van der Waals surface area contributed by atoms with Gasteiger partial charge in [-0.1, -0.05) is 18.6 Å². The molecule has 1 unspecified atom stereocenters. The van der Waals surface area contributed by atoms with E-state index in [0.717, 1.165) is 47.8 Å². The fourth-order valence-electron chi connectivity index (χ4n) is 6.45. The molecule has 1 aromatic carbocycles. The predicted octanol–water partition coefficient (Wildman–Crippen LogP) is 4.31. The van der Waals surface area contributed by atoms with Crippen molar-refractivity contribution in [1.29, 1.82) is 0 Å². The van der Waals surface area contributed by atoms with E-state index in [0.29, 0.717) is 25.7 Å². The normalized spacial score (nSPS) is 21.8. The monoisotopic (exact) mass is 512 g/mol. The zero-order chi connectivity index (χ0) is 25.9. The summed E-state index contributed by atoms with van der Waals surface area (Å²) in [7, 11) is 1.98. The van der Waals surface area contributed by atoms with E-state index in [1.165, 1.54) is 43.4 Å². The lowest BCUT2D eigenvalue weighted by Crippen LogP contribution is -2.49. The number of hydrogen-bond donors (Lipinski definition) is 0. The van der Waals surface area contributed by atoms with E-state index in [4.69, 9.17) is 9.72 Å². The number of carbonyl (C=O) groups is 1. The quantitative estimate of drug-likeness (QED) is 0.470. The second-order valence-corrected chi connectivity index (χ2v) is 11.8. The van der Waals surface area contributed by atoms with Crippen molar-refractivity contribution in [3.05, 3.63) is 70.6 Å². The van der Waals surface area contributed by atoms with E-state index in [9.17, 15) is 4.79 Å². The first-order valence-electron chi connectivity index (χ1n) is 14.1. The van der Waals surface area contributed by atoms with Gasteiger partial charge in [0.05, 0.1) is 25.5 Å². The van der Waals surface area contributed by atoms with Gasteiger partial charge in [0.1, 0.15) is 12.2 Å². The van der Waals surface area contributed by atoms with Crippen LogP contribution < -0.4 is 4.90 Å². The zero-order valence-electron chi connectivity index (χ0n) is 22.4. The summed E-state index contributed by atoms with van der Waals surface area (Å²) in [6, 6.07) is 10.8. The molecule has 7 rings (SSSR count). The number of nitrogens with zero attached hydrogens (tertiary/aromatic N) is 6. The van der Waals surface area contributed by atoms with Crippen molar-refractivity contribution in [2.45, 2.75) is 69.4 Å². The number of likely N-dealkylation sites (tertiary alicyclic amines) is 1. The number of fused-ring (bicyclic) bond motifs is 1. The van der Waals surface area contributed by atoms with Crippen molar-refractivity contribution >= 4 is 11.6 Å². The molecule has 1 amide bonds. The molecule has 5 heterocycles. The van der Waals surface area contributed by atoms with Crippen LogP contribution in [0.15, 0.2) is 36.7 Å². The number of hydrogen-bond acceptors (Lipinski definition) is 6. The van der Waals surface area contributed by atoms with Crippen LogP contribution in [0.5, 0.6) is 0 Å². The van der Waals surface area contributed by atoms with Crippen molar-refractivity contribution in [2.24, 2.45) is 7.05 Å². The van der Waals surface area contributed by atoms with Crippen LogP contribution in [0.3, 0.4) is 0 Å². The third-order valence-corrected chi connectivity index (χ3v) is 9.13.